The van der Waals surface area contributed by atoms with E-state index in [4.69, 9.17) is 4.74 Å². The lowest BCUT2D eigenvalue weighted by Gasteiger charge is -2.27. The first-order valence-electron chi connectivity index (χ1n) is 8.65. The van der Waals surface area contributed by atoms with Gasteiger partial charge < -0.3 is 4.74 Å². The van der Waals surface area contributed by atoms with E-state index in [0.717, 1.165) is 37.6 Å². The molecule has 5 heteroatoms. The van der Waals surface area contributed by atoms with Crippen molar-refractivity contribution in [3.05, 3.63) is 64.5 Å². The third-order valence-electron chi connectivity index (χ3n) is 5.43. The van der Waals surface area contributed by atoms with Crippen LogP contribution in [0.2, 0.25) is 0 Å². The van der Waals surface area contributed by atoms with Crippen LogP contribution in [-0.4, -0.2) is 24.6 Å². The predicted octanol–water partition coefficient (Wildman–Crippen LogP) is 4.80. The minimum absolute atomic E-state index is 0. The fourth-order valence-electron chi connectivity index (χ4n) is 4.22. The quantitative estimate of drug-likeness (QED) is 0.638. The second kappa shape index (κ2) is 6.92. The summed E-state index contributed by atoms with van der Waals surface area (Å²) >= 11 is 1.79. The molecule has 0 aliphatic carbocycles. The maximum atomic E-state index is 9.19. The Balaban J connectivity index is 0.00000168. The molecule has 0 N–H and O–H groups in total. The van der Waals surface area contributed by atoms with Crippen molar-refractivity contribution in [3.63, 3.8) is 0 Å². The Morgan fingerprint density at radius 1 is 1.15 bits per heavy atom. The van der Waals surface area contributed by atoms with Crippen LogP contribution in [0.3, 0.4) is 0 Å². The number of halogens is 1. The third kappa shape index (κ3) is 2.97. The first-order chi connectivity index (χ1) is 12.3. The van der Waals surface area contributed by atoms with Crippen LogP contribution in [0.15, 0.2) is 47.8 Å². The zero-order valence-corrected chi connectivity index (χ0v) is 15.9. The highest BCUT2D eigenvalue weighted by molar-refractivity contribution is 7.17. The molecule has 26 heavy (non-hydrogen) atoms. The van der Waals surface area contributed by atoms with Gasteiger partial charge in [0.1, 0.15) is 5.75 Å². The van der Waals surface area contributed by atoms with Crippen molar-refractivity contribution >= 4 is 33.8 Å². The number of rotatable bonds is 2. The minimum atomic E-state index is 0. The van der Waals surface area contributed by atoms with Crippen LogP contribution in [0.5, 0.6) is 5.75 Å². The Kier molecular flexibility index (Phi) is 4.62. The summed E-state index contributed by atoms with van der Waals surface area (Å²) in [6.07, 6.45) is 0. The lowest BCUT2D eigenvalue weighted by Crippen LogP contribution is -2.25. The summed E-state index contributed by atoms with van der Waals surface area (Å²) in [4.78, 5) is 2.53. The number of ether oxygens (including phenoxy) is 1. The molecule has 0 spiro atoms. The number of nitrogens with zero attached hydrogens (tertiary/aromatic N) is 2. The average molecular weight is 383 g/mol. The molecule has 1 saturated heterocycles. The molecule has 2 aromatic carbocycles. The number of fused-ring (bicyclic) bond motifs is 4. The van der Waals surface area contributed by atoms with Gasteiger partial charge in [-0.1, -0.05) is 6.07 Å². The van der Waals surface area contributed by atoms with Gasteiger partial charge in [0.25, 0.3) is 0 Å². The van der Waals surface area contributed by atoms with Crippen LogP contribution in [0.4, 0.5) is 0 Å². The van der Waals surface area contributed by atoms with E-state index in [0.29, 0.717) is 11.8 Å². The Bertz CT molecular complexity index is 993. The molecule has 132 valence electrons. The molecule has 3 aromatic rings. The summed E-state index contributed by atoms with van der Waals surface area (Å²) in [7, 11) is 0. The second-order valence-electron chi connectivity index (χ2n) is 7.03. The van der Waals surface area contributed by atoms with Crippen LogP contribution in [0.1, 0.15) is 22.6 Å². The molecule has 0 unspecified atom stereocenters. The first-order valence-corrected chi connectivity index (χ1v) is 9.53. The monoisotopic (exact) mass is 382 g/mol. The lowest BCUT2D eigenvalue weighted by atomic mass is 9.86. The summed E-state index contributed by atoms with van der Waals surface area (Å²) < 4.78 is 7.30. The lowest BCUT2D eigenvalue weighted by molar-refractivity contribution is 0.212. The van der Waals surface area contributed by atoms with Crippen LogP contribution >= 0.6 is 23.7 Å². The molecular formula is C21H19ClN2OS. The number of benzene rings is 2. The smallest absolute Gasteiger partial charge is 0.122 e. The van der Waals surface area contributed by atoms with Gasteiger partial charge in [-0.05, 0) is 52.7 Å². The van der Waals surface area contributed by atoms with Crippen molar-refractivity contribution in [1.82, 2.24) is 4.90 Å². The zero-order valence-electron chi connectivity index (χ0n) is 14.2. The topological polar surface area (TPSA) is 36.3 Å². The highest BCUT2D eigenvalue weighted by atomic mass is 35.5. The molecular weight excluding hydrogens is 364 g/mol. The van der Waals surface area contributed by atoms with Gasteiger partial charge in [-0.3, -0.25) is 4.90 Å². The predicted molar refractivity (Wildman–Crippen MR) is 107 cm³/mol. The van der Waals surface area contributed by atoms with Crippen molar-refractivity contribution < 1.29 is 4.74 Å². The van der Waals surface area contributed by atoms with Crippen molar-refractivity contribution in [1.29, 1.82) is 5.26 Å². The van der Waals surface area contributed by atoms with E-state index in [2.05, 4.69) is 40.6 Å². The summed E-state index contributed by atoms with van der Waals surface area (Å²) in [5, 5.41) is 12.7. The van der Waals surface area contributed by atoms with Crippen molar-refractivity contribution in [2.24, 2.45) is 5.92 Å². The molecule has 2 aliphatic heterocycles. The first kappa shape index (κ1) is 17.4. The average Bonchev–Trinajstić information content (AvgIpc) is 3.27. The zero-order chi connectivity index (χ0) is 16.8. The molecule has 2 atom stereocenters. The van der Waals surface area contributed by atoms with Gasteiger partial charge in [0.15, 0.2) is 0 Å². The molecule has 3 heterocycles. The highest BCUT2D eigenvalue weighted by Crippen LogP contribution is 2.42. The fraction of sp³-hybridized carbons (Fsp3) is 0.286. The van der Waals surface area contributed by atoms with Gasteiger partial charge >= 0.3 is 0 Å². The molecule has 2 aliphatic rings. The van der Waals surface area contributed by atoms with Crippen LogP contribution in [0, 0.1) is 17.2 Å². The Morgan fingerprint density at radius 3 is 2.96 bits per heavy atom. The molecule has 3 nitrogen and oxygen atoms in total. The van der Waals surface area contributed by atoms with Gasteiger partial charge in [-0.15, -0.1) is 23.7 Å². The Hall–Kier alpha value is -2.06. The van der Waals surface area contributed by atoms with E-state index in [1.165, 1.54) is 21.2 Å². The number of thiophene rings is 1. The highest BCUT2D eigenvalue weighted by Gasteiger charge is 2.38. The SMILES string of the molecule is Cl.N#Cc1ccc2c(c1)[C@@H]1CN(Cc3ccc4sccc4c3)C[C@H]1CO2. The number of nitriles is 1. The molecule has 0 amide bonds. The number of likely N-dealkylation sites (tertiary alicyclic amines) is 1. The molecule has 5 rings (SSSR count). The third-order valence-corrected chi connectivity index (χ3v) is 6.33. The maximum absolute atomic E-state index is 9.19. The number of hydrogen-bond donors (Lipinski definition) is 0. The maximum Gasteiger partial charge on any atom is 0.122 e. The van der Waals surface area contributed by atoms with E-state index in [-0.39, 0.29) is 12.4 Å². The molecule has 0 bridgehead atoms. The summed E-state index contributed by atoms with van der Waals surface area (Å²) in [5.41, 5.74) is 3.31. The van der Waals surface area contributed by atoms with E-state index in [1.54, 1.807) is 11.3 Å². The van der Waals surface area contributed by atoms with Crippen molar-refractivity contribution in [2.75, 3.05) is 19.7 Å². The largest absolute Gasteiger partial charge is 0.493 e. The molecule has 0 saturated carbocycles. The van der Waals surface area contributed by atoms with E-state index < -0.39 is 0 Å². The second-order valence-corrected chi connectivity index (χ2v) is 7.98. The minimum Gasteiger partial charge on any atom is -0.493 e. The molecule has 0 radical (unpaired) electrons. The Morgan fingerprint density at radius 2 is 2.08 bits per heavy atom. The van der Waals surface area contributed by atoms with Crippen molar-refractivity contribution in [2.45, 2.75) is 12.5 Å². The normalized spacial score (nSPS) is 21.3. The fourth-order valence-corrected chi connectivity index (χ4v) is 4.99. The summed E-state index contributed by atoms with van der Waals surface area (Å²) in [6.45, 7) is 3.86. The van der Waals surface area contributed by atoms with Gasteiger partial charge in [-0.2, -0.15) is 5.26 Å². The standard InChI is InChI=1S/C21H18N2OS.ClH/c22-9-14-1-3-20-18(8-14)19-12-23(11-17(19)13-24-20)10-15-2-4-21-16(7-15)5-6-25-21;/h1-8,17,19H,10-13H2;1H/t17-,19+;/m0./s1. The van der Waals surface area contributed by atoms with Crippen molar-refractivity contribution in [3.8, 4) is 11.8 Å². The molecule has 1 fully saturated rings. The van der Waals surface area contributed by atoms with E-state index in [9.17, 15) is 5.26 Å². The van der Waals surface area contributed by atoms with Gasteiger partial charge in [-0.25, -0.2) is 0 Å². The van der Waals surface area contributed by atoms with E-state index in [1.807, 2.05) is 18.2 Å². The summed E-state index contributed by atoms with van der Waals surface area (Å²) in [5.74, 6) is 1.95. The van der Waals surface area contributed by atoms with E-state index >= 15 is 0 Å². The number of hydrogen-bond acceptors (Lipinski definition) is 4. The summed E-state index contributed by atoms with van der Waals surface area (Å²) in [6, 6.07) is 17.1. The van der Waals surface area contributed by atoms with Crippen LogP contribution in [-0.2, 0) is 6.54 Å². The van der Waals surface area contributed by atoms with Gasteiger partial charge in [0.2, 0.25) is 0 Å². The Labute approximate surface area is 163 Å². The van der Waals surface area contributed by atoms with Gasteiger partial charge in [0.05, 0.1) is 18.2 Å². The van der Waals surface area contributed by atoms with Crippen LogP contribution in [0.25, 0.3) is 10.1 Å². The van der Waals surface area contributed by atoms with Crippen LogP contribution < -0.4 is 4.74 Å². The molecule has 1 aromatic heterocycles. The van der Waals surface area contributed by atoms with Gasteiger partial charge in [0, 0.05) is 41.7 Å².